The van der Waals surface area contributed by atoms with Crippen molar-refractivity contribution in [3.63, 3.8) is 0 Å². The predicted octanol–water partition coefficient (Wildman–Crippen LogP) is 3.64. The van der Waals surface area contributed by atoms with Gasteiger partial charge >= 0.3 is 0 Å². The standard InChI is InChI=1S/C24H25N3O4/c28-24(14-18-4-1-2-10-25-18)27(16-21-5-3-13-29-21)19-8-11-26(12-9-19)20-6-7-22-23(15-20)31-17-30-22/h1-7,10,13,15,19H,8-9,11-12,14,16-17H2. The molecular weight excluding hydrogens is 394 g/mol. The van der Waals surface area contributed by atoms with E-state index in [-0.39, 0.29) is 18.7 Å². The lowest BCUT2D eigenvalue weighted by molar-refractivity contribution is -0.134. The minimum absolute atomic E-state index is 0.0802. The average Bonchev–Trinajstić information content (AvgIpc) is 3.49. The van der Waals surface area contributed by atoms with Crippen LogP contribution in [0.2, 0.25) is 0 Å². The van der Waals surface area contributed by atoms with Crippen molar-refractivity contribution in [1.82, 2.24) is 9.88 Å². The van der Waals surface area contributed by atoms with Crippen LogP contribution in [-0.2, 0) is 17.8 Å². The zero-order valence-electron chi connectivity index (χ0n) is 17.3. The summed E-state index contributed by atoms with van der Waals surface area (Å²) in [6.07, 6.45) is 5.46. The summed E-state index contributed by atoms with van der Waals surface area (Å²) in [4.78, 5) is 21.8. The number of amides is 1. The summed E-state index contributed by atoms with van der Waals surface area (Å²) in [5.41, 5.74) is 1.91. The number of ether oxygens (including phenoxy) is 2. The molecule has 0 bridgehead atoms. The molecule has 0 unspecified atom stereocenters. The first-order valence-corrected chi connectivity index (χ1v) is 10.6. The van der Waals surface area contributed by atoms with Crippen molar-refractivity contribution in [2.24, 2.45) is 0 Å². The van der Waals surface area contributed by atoms with Crippen molar-refractivity contribution < 1.29 is 18.7 Å². The van der Waals surface area contributed by atoms with Crippen LogP contribution in [0.1, 0.15) is 24.3 Å². The van der Waals surface area contributed by atoms with Gasteiger partial charge in [0.1, 0.15) is 5.76 Å². The number of anilines is 1. The first-order valence-electron chi connectivity index (χ1n) is 10.6. The van der Waals surface area contributed by atoms with Gasteiger partial charge in [0.2, 0.25) is 12.7 Å². The van der Waals surface area contributed by atoms with E-state index in [1.807, 2.05) is 47.4 Å². The van der Waals surface area contributed by atoms with Crippen LogP contribution in [0.15, 0.2) is 65.4 Å². The van der Waals surface area contributed by atoms with Crippen LogP contribution in [0, 0.1) is 0 Å². The van der Waals surface area contributed by atoms with Crippen LogP contribution in [0.3, 0.4) is 0 Å². The summed E-state index contributed by atoms with van der Waals surface area (Å²) in [6.45, 7) is 2.50. The molecule has 1 aromatic carbocycles. The third-order valence-corrected chi connectivity index (χ3v) is 5.91. The lowest BCUT2D eigenvalue weighted by Gasteiger charge is -2.39. The minimum Gasteiger partial charge on any atom is -0.467 e. The lowest BCUT2D eigenvalue weighted by Crippen LogP contribution is -2.47. The SMILES string of the molecule is O=C(Cc1ccccn1)N(Cc1ccco1)C1CCN(c2ccc3c(c2)OCO3)CC1. The molecule has 0 N–H and O–H groups in total. The topological polar surface area (TPSA) is 68.0 Å². The van der Waals surface area contributed by atoms with Gasteiger partial charge in [-0.2, -0.15) is 0 Å². The predicted molar refractivity (Wildman–Crippen MR) is 115 cm³/mol. The first-order chi connectivity index (χ1) is 15.3. The molecule has 2 aliphatic rings. The Morgan fingerprint density at radius 1 is 1.06 bits per heavy atom. The number of nitrogens with zero attached hydrogens (tertiary/aromatic N) is 3. The van der Waals surface area contributed by atoms with E-state index in [0.717, 1.165) is 54.6 Å². The van der Waals surface area contributed by atoms with E-state index >= 15 is 0 Å². The van der Waals surface area contributed by atoms with Gasteiger partial charge in [0.15, 0.2) is 11.5 Å². The molecule has 1 saturated heterocycles. The molecule has 31 heavy (non-hydrogen) atoms. The highest BCUT2D eigenvalue weighted by atomic mass is 16.7. The minimum atomic E-state index is 0.0802. The van der Waals surface area contributed by atoms with Crippen LogP contribution >= 0.6 is 0 Å². The fourth-order valence-corrected chi connectivity index (χ4v) is 4.27. The molecule has 0 saturated carbocycles. The second-order valence-electron chi connectivity index (χ2n) is 7.85. The molecule has 1 fully saturated rings. The summed E-state index contributed by atoms with van der Waals surface area (Å²) in [5.74, 6) is 2.47. The third-order valence-electron chi connectivity index (χ3n) is 5.91. The van der Waals surface area contributed by atoms with Crippen molar-refractivity contribution >= 4 is 11.6 Å². The molecule has 1 amide bonds. The Morgan fingerprint density at radius 2 is 1.94 bits per heavy atom. The van der Waals surface area contributed by atoms with Gasteiger partial charge in [0.05, 0.1) is 19.2 Å². The van der Waals surface area contributed by atoms with Crippen LogP contribution in [0.25, 0.3) is 0 Å². The van der Waals surface area contributed by atoms with Gasteiger partial charge < -0.3 is 23.7 Å². The highest BCUT2D eigenvalue weighted by molar-refractivity contribution is 5.78. The number of pyridine rings is 1. The van der Waals surface area contributed by atoms with Crippen LogP contribution < -0.4 is 14.4 Å². The van der Waals surface area contributed by atoms with Crippen molar-refractivity contribution in [2.45, 2.75) is 31.8 Å². The van der Waals surface area contributed by atoms with Crippen LogP contribution in [0.4, 0.5) is 5.69 Å². The molecule has 0 aliphatic carbocycles. The third kappa shape index (κ3) is 4.35. The van der Waals surface area contributed by atoms with Gasteiger partial charge in [-0.3, -0.25) is 9.78 Å². The van der Waals surface area contributed by atoms with Crippen LogP contribution in [0.5, 0.6) is 11.5 Å². The number of hydrogen-bond donors (Lipinski definition) is 0. The number of benzene rings is 1. The molecule has 3 aromatic rings. The smallest absolute Gasteiger partial charge is 0.231 e. The van der Waals surface area contributed by atoms with E-state index in [2.05, 4.69) is 16.0 Å². The van der Waals surface area contributed by atoms with Crippen molar-refractivity contribution in [1.29, 1.82) is 0 Å². The Balaban J connectivity index is 1.27. The van der Waals surface area contributed by atoms with Crippen molar-refractivity contribution in [2.75, 3.05) is 24.8 Å². The van der Waals surface area contributed by atoms with E-state index in [9.17, 15) is 4.79 Å². The number of fused-ring (bicyclic) bond motifs is 1. The van der Waals surface area contributed by atoms with Gasteiger partial charge in [-0.15, -0.1) is 0 Å². The van der Waals surface area contributed by atoms with E-state index in [1.165, 1.54) is 0 Å². The van der Waals surface area contributed by atoms with Gasteiger partial charge in [-0.1, -0.05) is 6.07 Å². The Kier molecular flexibility index (Phi) is 5.48. The summed E-state index contributed by atoms with van der Waals surface area (Å²) in [7, 11) is 0. The quantitative estimate of drug-likeness (QED) is 0.608. The molecular formula is C24H25N3O4. The second kappa shape index (κ2) is 8.71. The number of hydrogen-bond acceptors (Lipinski definition) is 6. The molecule has 7 nitrogen and oxygen atoms in total. The monoisotopic (exact) mass is 419 g/mol. The second-order valence-corrected chi connectivity index (χ2v) is 7.85. The van der Waals surface area contributed by atoms with Crippen LogP contribution in [-0.4, -0.2) is 41.7 Å². The van der Waals surface area contributed by atoms with Crippen molar-refractivity contribution in [3.8, 4) is 11.5 Å². The highest BCUT2D eigenvalue weighted by Crippen LogP contribution is 2.36. The van der Waals surface area contributed by atoms with Gasteiger partial charge in [-0.25, -0.2) is 0 Å². The molecule has 0 spiro atoms. The maximum absolute atomic E-state index is 13.2. The van der Waals surface area contributed by atoms with Gasteiger partial charge in [0, 0.05) is 42.8 Å². The first kappa shape index (κ1) is 19.5. The Bertz CT molecular complexity index is 1010. The number of carbonyl (C=O) groups excluding carboxylic acids is 1. The zero-order chi connectivity index (χ0) is 21.0. The Morgan fingerprint density at radius 3 is 2.71 bits per heavy atom. The summed E-state index contributed by atoms with van der Waals surface area (Å²) < 4.78 is 16.5. The summed E-state index contributed by atoms with van der Waals surface area (Å²) >= 11 is 0. The van der Waals surface area contributed by atoms with Gasteiger partial charge in [-0.05, 0) is 49.2 Å². The van der Waals surface area contributed by atoms with Gasteiger partial charge in [0.25, 0.3) is 0 Å². The van der Waals surface area contributed by atoms with E-state index in [1.54, 1.807) is 12.5 Å². The van der Waals surface area contributed by atoms with E-state index < -0.39 is 0 Å². The Hall–Kier alpha value is -3.48. The molecule has 0 atom stereocenters. The molecule has 5 rings (SSSR count). The molecule has 160 valence electrons. The largest absolute Gasteiger partial charge is 0.467 e. The molecule has 4 heterocycles. The average molecular weight is 419 g/mol. The number of rotatable bonds is 6. The molecule has 7 heteroatoms. The molecule has 2 aromatic heterocycles. The number of carbonyl (C=O) groups is 1. The fourth-order valence-electron chi connectivity index (χ4n) is 4.27. The van der Waals surface area contributed by atoms with E-state index in [0.29, 0.717) is 13.0 Å². The molecule has 2 aliphatic heterocycles. The Labute approximate surface area is 181 Å². The number of piperidine rings is 1. The van der Waals surface area contributed by atoms with E-state index in [4.69, 9.17) is 13.9 Å². The fraction of sp³-hybridized carbons (Fsp3) is 0.333. The normalized spacial score (nSPS) is 15.8. The maximum atomic E-state index is 13.2. The maximum Gasteiger partial charge on any atom is 0.231 e. The number of furan rings is 1. The number of aromatic nitrogens is 1. The van der Waals surface area contributed by atoms with Crippen molar-refractivity contribution in [3.05, 3.63) is 72.4 Å². The summed E-state index contributed by atoms with van der Waals surface area (Å²) in [6, 6.07) is 15.7. The zero-order valence-corrected chi connectivity index (χ0v) is 17.3. The lowest BCUT2D eigenvalue weighted by atomic mass is 10.0. The summed E-state index contributed by atoms with van der Waals surface area (Å²) in [5, 5.41) is 0. The highest BCUT2D eigenvalue weighted by Gasteiger charge is 2.29. The molecule has 0 radical (unpaired) electrons.